The number of nitrogens with one attached hydrogen (secondary N) is 1. The molecule has 96 valence electrons. The van der Waals surface area contributed by atoms with Gasteiger partial charge in [0.25, 0.3) is 0 Å². The summed E-state index contributed by atoms with van der Waals surface area (Å²) >= 11 is 0. The summed E-state index contributed by atoms with van der Waals surface area (Å²) in [4.78, 5) is 11.1. The Balaban J connectivity index is 4.22. The lowest BCUT2D eigenvalue weighted by molar-refractivity contribution is 0.0570. The number of carbonyl (C=O) groups is 1. The monoisotopic (exact) mass is 253 g/mol. The van der Waals surface area contributed by atoms with Crippen LogP contribution in [-0.2, 0) is 14.8 Å². The summed E-state index contributed by atoms with van der Waals surface area (Å²) in [5.74, 6) is -0.316. The van der Waals surface area contributed by atoms with E-state index in [2.05, 4.69) is 0 Å². The molecule has 0 aromatic carbocycles. The molecule has 6 nitrogen and oxygen atoms in total. The molecule has 0 heterocycles. The lowest BCUT2D eigenvalue weighted by atomic mass is 10.2. The molecular formula is C9H19NO5S. The molecule has 1 atom stereocenters. The summed E-state index contributed by atoms with van der Waals surface area (Å²) in [6, 6.07) is 0. The molecule has 2 N–H and O–H groups in total. The van der Waals surface area contributed by atoms with E-state index in [0.29, 0.717) is 0 Å². The van der Waals surface area contributed by atoms with Crippen molar-refractivity contribution in [1.29, 1.82) is 0 Å². The van der Waals surface area contributed by atoms with Crippen LogP contribution in [0.5, 0.6) is 0 Å². The van der Waals surface area contributed by atoms with E-state index >= 15 is 0 Å². The van der Waals surface area contributed by atoms with Gasteiger partial charge in [-0.15, -0.1) is 0 Å². The Labute approximate surface area is 96.0 Å². The fourth-order valence-electron chi connectivity index (χ4n) is 0.803. The number of aliphatic hydroxyl groups is 1. The lowest BCUT2D eigenvalue weighted by Crippen LogP contribution is -2.37. The number of amides is 1. The van der Waals surface area contributed by atoms with E-state index in [4.69, 9.17) is 9.84 Å². The normalized spacial score (nSPS) is 14.3. The van der Waals surface area contributed by atoms with Crippen molar-refractivity contribution >= 4 is 16.1 Å². The minimum absolute atomic E-state index is 0.0676. The maximum Gasteiger partial charge on any atom is 0.421 e. The van der Waals surface area contributed by atoms with E-state index in [0.717, 1.165) is 0 Å². The van der Waals surface area contributed by atoms with Gasteiger partial charge in [-0.25, -0.2) is 17.9 Å². The van der Waals surface area contributed by atoms with Crippen molar-refractivity contribution in [1.82, 2.24) is 4.72 Å². The van der Waals surface area contributed by atoms with Crippen LogP contribution in [0.15, 0.2) is 0 Å². The van der Waals surface area contributed by atoms with Crippen LogP contribution in [0.2, 0.25) is 0 Å². The zero-order valence-corrected chi connectivity index (χ0v) is 10.8. The first-order chi connectivity index (χ1) is 7.02. The molecule has 16 heavy (non-hydrogen) atoms. The summed E-state index contributed by atoms with van der Waals surface area (Å²) in [7, 11) is -3.73. The van der Waals surface area contributed by atoms with Gasteiger partial charge in [-0.2, -0.15) is 0 Å². The predicted molar refractivity (Wildman–Crippen MR) is 59.5 cm³/mol. The molecule has 0 bridgehead atoms. The Morgan fingerprint density at radius 2 is 1.94 bits per heavy atom. The van der Waals surface area contributed by atoms with E-state index in [1.165, 1.54) is 6.92 Å². The average molecular weight is 253 g/mol. The number of hydrogen-bond donors (Lipinski definition) is 2. The van der Waals surface area contributed by atoms with Crippen LogP contribution in [0.25, 0.3) is 0 Å². The number of aliphatic hydroxyl groups excluding tert-OH is 1. The summed E-state index contributed by atoms with van der Waals surface area (Å²) < 4.78 is 29.2. The van der Waals surface area contributed by atoms with Crippen LogP contribution in [0.3, 0.4) is 0 Å². The van der Waals surface area contributed by atoms with Crippen molar-refractivity contribution in [2.24, 2.45) is 0 Å². The maximum absolute atomic E-state index is 11.3. The van der Waals surface area contributed by atoms with Gasteiger partial charge in [-0.05, 0) is 34.1 Å². The first-order valence-corrected chi connectivity index (χ1v) is 6.58. The molecule has 0 aromatic rings. The zero-order valence-electron chi connectivity index (χ0n) is 9.98. The molecule has 0 saturated heterocycles. The third-order valence-electron chi connectivity index (χ3n) is 1.44. The molecular weight excluding hydrogens is 234 g/mol. The Morgan fingerprint density at radius 1 is 1.44 bits per heavy atom. The Bertz CT molecular complexity index is 328. The third-order valence-corrected chi connectivity index (χ3v) is 2.69. The maximum atomic E-state index is 11.3. The van der Waals surface area contributed by atoms with Crippen molar-refractivity contribution in [3.05, 3.63) is 0 Å². The van der Waals surface area contributed by atoms with Crippen molar-refractivity contribution in [3.8, 4) is 0 Å². The Morgan fingerprint density at radius 3 is 2.31 bits per heavy atom. The molecule has 0 aliphatic heterocycles. The highest BCUT2D eigenvalue weighted by Crippen LogP contribution is 2.07. The van der Waals surface area contributed by atoms with Gasteiger partial charge < -0.3 is 9.84 Å². The minimum Gasteiger partial charge on any atom is -0.443 e. The molecule has 1 amide bonds. The van der Waals surface area contributed by atoms with E-state index in [9.17, 15) is 13.2 Å². The number of ether oxygens (including phenoxy) is 1. The van der Waals surface area contributed by atoms with Gasteiger partial charge in [0.05, 0.1) is 11.9 Å². The Kier molecular flexibility index (Phi) is 5.21. The Hall–Kier alpha value is -0.820. The second-order valence-electron chi connectivity index (χ2n) is 4.56. The highest BCUT2D eigenvalue weighted by Gasteiger charge is 2.21. The van der Waals surface area contributed by atoms with Gasteiger partial charge >= 0.3 is 6.09 Å². The fourth-order valence-corrected chi connectivity index (χ4v) is 1.85. The van der Waals surface area contributed by atoms with Crippen molar-refractivity contribution in [2.75, 3.05) is 5.75 Å². The van der Waals surface area contributed by atoms with Crippen molar-refractivity contribution < 1.29 is 23.1 Å². The molecule has 0 rings (SSSR count). The predicted octanol–water partition coefficient (Wildman–Crippen LogP) is 0.612. The summed E-state index contributed by atoms with van der Waals surface area (Å²) in [6.07, 6.45) is -1.66. The summed E-state index contributed by atoms with van der Waals surface area (Å²) in [5.41, 5.74) is -0.746. The quantitative estimate of drug-likeness (QED) is 0.765. The summed E-state index contributed by atoms with van der Waals surface area (Å²) in [5, 5.41) is 8.93. The van der Waals surface area contributed by atoms with Gasteiger partial charge in [0, 0.05) is 0 Å². The highest BCUT2D eigenvalue weighted by atomic mass is 32.2. The van der Waals surface area contributed by atoms with E-state index in [1.807, 2.05) is 0 Å². The van der Waals surface area contributed by atoms with Gasteiger partial charge in [0.15, 0.2) is 0 Å². The molecule has 0 saturated carbocycles. The lowest BCUT2D eigenvalue weighted by Gasteiger charge is -2.19. The minimum atomic E-state index is -3.73. The fraction of sp³-hybridized carbons (Fsp3) is 0.889. The standard InChI is InChI=1S/C9H19NO5S/c1-7(11)5-6-16(13,14)10-8(12)15-9(2,3)4/h7,11H,5-6H2,1-4H3,(H,10,12)/t7-/m0/s1. The molecule has 0 aromatic heterocycles. The molecule has 0 spiro atoms. The second kappa shape index (κ2) is 5.49. The van der Waals surface area contributed by atoms with E-state index in [1.54, 1.807) is 25.5 Å². The smallest absolute Gasteiger partial charge is 0.421 e. The molecule has 0 aliphatic rings. The van der Waals surface area contributed by atoms with Crippen LogP contribution >= 0.6 is 0 Å². The van der Waals surface area contributed by atoms with E-state index in [-0.39, 0.29) is 12.2 Å². The van der Waals surface area contributed by atoms with Crippen molar-refractivity contribution in [2.45, 2.75) is 45.8 Å². The topological polar surface area (TPSA) is 92.7 Å². The number of carbonyl (C=O) groups excluding carboxylic acids is 1. The number of sulfonamides is 1. The van der Waals surface area contributed by atoms with Crippen LogP contribution in [-0.4, -0.2) is 37.1 Å². The largest absolute Gasteiger partial charge is 0.443 e. The van der Waals surface area contributed by atoms with Crippen LogP contribution in [0.4, 0.5) is 4.79 Å². The van der Waals surface area contributed by atoms with Crippen LogP contribution in [0.1, 0.15) is 34.1 Å². The average Bonchev–Trinajstić information content (AvgIpc) is 1.95. The van der Waals surface area contributed by atoms with Crippen molar-refractivity contribution in [3.63, 3.8) is 0 Å². The first kappa shape index (κ1) is 15.2. The third kappa shape index (κ3) is 8.49. The van der Waals surface area contributed by atoms with Gasteiger partial charge in [0.2, 0.25) is 10.0 Å². The SMILES string of the molecule is C[C@H](O)CCS(=O)(=O)NC(=O)OC(C)(C)C. The highest BCUT2D eigenvalue weighted by molar-refractivity contribution is 7.90. The number of hydrogen-bond acceptors (Lipinski definition) is 5. The molecule has 0 unspecified atom stereocenters. The second-order valence-corrected chi connectivity index (χ2v) is 6.40. The molecule has 0 fully saturated rings. The molecule has 0 radical (unpaired) electrons. The van der Waals surface area contributed by atoms with Crippen LogP contribution in [0, 0.1) is 0 Å². The van der Waals surface area contributed by atoms with E-state index < -0.39 is 27.8 Å². The van der Waals surface area contributed by atoms with Gasteiger partial charge in [-0.3, -0.25) is 0 Å². The zero-order chi connectivity index (χ0) is 13.0. The molecule has 0 aliphatic carbocycles. The van der Waals surface area contributed by atoms with Gasteiger partial charge in [0.1, 0.15) is 5.60 Å². The van der Waals surface area contributed by atoms with Crippen LogP contribution < -0.4 is 4.72 Å². The first-order valence-electron chi connectivity index (χ1n) is 4.93. The summed E-state index contributed by atoms with van der Waals surface area (Å²) in [6.45, 7) is 6.38. The number of rotatable bonds is 4. The molecule has 7 heteroatoms. The van der Waals surface area contributed by atoms with Gasteiger partial charge in [-0.1, -0.05) is 0 Å².